The van der Waals surface area contributed by atoms with E-state index in [-0.39, 0.29) is 17.2 Å². The van der Waals surface area contributed by atoms with Crippen LogP contribution in [0.4, 0.5) is 17.3 Å². The number of carbonyl (C=O) groups is 1. The zero-order valence-electron chi connectivity index (χ0n) is 19.8. The largest absolute Gasteiger partial charge is 0.381 e. The first-order valence-corrected chi connectivity index (χ1v) is 11.9. The molecule has 2 fully saturated rings. The van der Waals surface area contributed by atoms with Crippen LogP contribution in [0.15, 0.2) is 35.4 Å². The van der Waals surface area contributed by atoms with Gasteiger partial charge in [0.1, 0.15) is 22.9 Å². The molecule has 0 unspecified atom stereocenters. The summed E-state index contributed by atoms with van der Waals surface area (Å²) in [6, 6.07) is 5.56. The Kier molecular flexibility index (Phi) is 7.46. The maximum absolute atomic E-state index is 13.0. The van der Waals surface area contributed by atoms with Crippen LogP contribution < -0.4 is 21.9 Å². The van der Waals surface area contributed by atoms with Crippen LogP contribution in [0.25, 0.3) is 5.65 Å². The molecule has 0 spiro atoms. The van der Waals surface area contributed by atoms with E-state index in [4.69, 9.17) is 10.5 Å². The Balaban J connectivity index is 0.000000398. The van der Waals surface area contributed by atoms with Gasteiger partial charge >= 0.3 is 0 Å². The van der Waals surface area contributed by atoms with Crippen LogP contribution in [0, 0.1) is 0 Å². The Morgan fingerprint density at radius 3 is 2.53 bits per heavy atom. The smallest absolute Gasteiger partial charge is 0.274 e. The monoisotopic (exact) mass is 467 g/mol. The summed E-state index contributed by atoms with van der Waals surface area (Å²) in [6.45, 7) is 0. The fourth-order valence-corrected chi connectivity index (χ4v) is 4.38. The summed E-state index contributed by atoms with van der Waals surface area (Å²) < 4.78 is 8.29. The molecule has 34 heavy (non-hydrogen) atoms. The molecule has 0 saturated heterocycles. The Morgan fingerprint density at radius 2 is 1.94 bits per heavy atom. The van der Waals surface area contributed by atoms with Gasteiger partial charge in [0.05, 0.1) is 12.3 Å². The van der Waals surface area contributed by atoms with Crippen LogP contribution in [0.5, 0.6) is 0 Å². The maximum Gasteiger partial charge on any atom is 0.274 e. The van der Waals surface area contributed by atoms with Gasteiger partial charge in [0, 0.05) is 32.5 Å². The van der Waals surface area contributed by atoms with Crippen LogP contribution >= 0.6 is 0 Å². The van der Waals surface area contributed by atoms with Gasteiger partial charge in [-0.2, -0.15) is 9.61 Å². The molecule has 182 valence electrons. The number of fused-ring (bicyclic) bond motifs is 1. The second kappa shape index (κ2) is 10.7. The van der Waals surface area contributed by atoms with Gasteiger partial charge in [0.15, 0.2) is 5.65 Å². The highest BCUT2D eigenvalue weighted by Gasteiger charge is 2.19. The lowest BCUT2D eigenvalue weighted by atomic mass is 9.95. The van der Waals surface area contributed by atoms with E-state index in [2.05, 4.69) is 20.7 Å². The predicted molar refractivity (Wildman–Crippen MR) is 132 cm³/mol. The van der Waals surface area contributed by atoms with Crippen molar-refractivity contribution in [1.82, 2.24) is 19.2 Å². The molecule has 3 aromatic rings. The van der Waals surface area contributed by atoms with Crippen LogP contribution in [0.2, 0.25) is 0 Å². The zero-order chi connectivity index (χ0) is 24.1. The number of nitrogens with two attached hydrogens (primary N) is 1. The Hall–Kier alpha value is -3.40. The lowest BCUT2D eigenvalue weighted by Crippen LogP contribution is -2.27. The minimum absolute atomic E-state index is 0.0780. The Bertz CT molecular complexity index is 1190. The first-order valence-electron chi connectivity index (χ1n) is 11.9. The number of rotatable bonds is 6. The average molecular weight is 468 g/mol. The molecular formula is C24H33N7O3. The van der Waals surface area contributed by atoms with E-state index in [1.807, 2.05) is 16.8 Å². The third-order valence-corrected chi connectivity index (χ3v) is 6.58. The Labute approximate surface area is 198 Å². The highest BCUT2D eigenvalue weighted by molar-refractivity contribution is 5.98. The summed E-state index contributed by atoms with van der Waals surface area (Å²) in [5.74, 6) is 0.433. The van der Waals surface area contributed by atoms with Crippen molar-refractivity contribution in [3.63, 3.8) is 0 Å². The molecule has 3 heterocycles. The number of primary amides is 1. The number of nitrogens with zero attached hydrogens (tertiary/aromatic N) is 4. The fourth-order valence-electron chi connectivity index (χ4n) is 4.38. The SMILES string of the molecule is CNc1cc(Nc2cccn(C3CCCCC3)c2=O)nc2c(C(N)=O)cnn12.COC1CCC1. The number of carbonyl (C=O) groups excluding carboxylic acids is 1. The maximum atomic E-state index is 13.0. The molecule has 10 heteroatoms. The van der Waals surface area contributed by atoms with Crippen molar-refractivity contribution in [3.8, 4) is 0 Å². The van der Waals surface area contributed by atoms with Gasteiger partial charge < -0.3 is 25.7 Å². The number of methoxy groups -OCH3 is 1. The van der Waals surface area contributed by atoms with Crippen LogP contribution in [0.1, 0.15) is 67.8 Å². The van der Waals surface area contributed by atoms with Crippen LogP contribution in [0.3, 0.4) is 0 Å². The average Bonchev–Trinajstić information content (AvgIpc) is 3.24. The van der Waals surface area contributed by atoms with Crippen molar-refractivity contribution < 1.29 is 9.53 Å². The molecule has 0 bridgehead atoms. The summed E-state index contributed by atoms with van der Waals surface area (Å²) in [5, 5.41) is 10.3. The molecule has 2 aliphatic rings. The third-order valence-electron chi connectivity index (χ3n) is 6.58. The molecular weight excluding hydrogens is 434 g/mol. The number of hydrogen-bond donors (Lipinski definition) is 3. The Morgan fingerprint density at radius 1 is 1.18 bits per heavy atom. The van der Waals surface area contributed by atoms with E-state index in [9.17, 15) is 9.59 Å². The lowest BCUT2D eigenvalue weighted by molar-refractivity contribution is 0.0412. The molecule has 0 radical (unpaired) electrons. The molecule has 0 aliphatic heterocycles. The number of ether oxygens (including phenoxy) is 1. The summed E-state index contributed by atoms with van der Waals surface area (Å²) in [4.78, 5) is 29.1. The number of nitrogens with one attached hydrogen (secondary N) is 2. The molecule has 10 nitrogen and oxygen atoms in total. The van der Waals surface area contributed by atoms with Crippen LogP contribution in [-0.4, -0.2) is 45.3 Å². The van der Waals surface area contributed by atoms with Gasteiger partial charge in [-0.15, -0.1) is 0 Å². The number of hydrogen-bond acceptors (Lipinski definition) is 7. The summed E-state index contributed by atoms with van der Waals surface area (Å²) >= 11 is 0. The number of amides is 1. The molecule has 5 rings (SSSR count). The van der Waals surface area contributed by atoms with Crippen molar-refractivity contribution in [2.75, 3.05) is 24.8 Å². The van der Waals surface area contributed by atoms with E-state index in [0.29, 0.717) is 29.1 Å². The minimum Gasteiger partial charge on any atom is -0.381 e. The first kappa shape index (κ1) is 23.7. The molecule has 0 aromatic carbocycles. The first-order chi connectivity index (χ1) is 16.5. The fraction of sp³-hybridized carbons (Fsp3) is 0.500. The van der Waals surface area contributed by atoms with Crippen molar-refractivity contribution in [2.45, 2.75) is 63.5 Å². The van der Waals surface area contributed by atoms with E-state index in [0.717, 1.165) is 25.7 Å². The summed E-state index contributed by atoms with van der Waals surface area (Å²) in [6.07, 6.45) is 13.4. The topological polar surface area (TPSA) is 129 Å². The second-order valence-electron chi connectivity index (χ2n) is 8.77. The number of aromatic nitrogens is 4. The van der Waals surface area contributed by atoms with Crippen molar-refractivity contribution in [3.05, 3.63) is 46.5 Å². The van der Waals surface area contributed by atoms with Crippen LogP contribution in [-0.2, 0) is 4.74 Å². The molecule has 0 atom stereocenters. The summed E-state index contributed by atoms with van der Waals surface area (Å²) in [5.41, 5.74) is 6.32. The molecule has 2 saturated carbocycles. The van der Waals surface area contributed by atoms with Gasteiger partial charge in [-0.05, 0) is 44.2 Å². The van der Waals surface area contributed by atoms with Gasteiger partial charge in [0.25, 0.3) is 11.5 Å². The molecule has 3 aromatic heterocycles. The van der Waals surface area contributed by atoms with Gasteiger partial charge in [0.2, 0.25) is 0 Å². The van der Waals surface area contributed by atoms with Crippen molar-refractivity contribution >= 4 is 28.9 Å². The van der Waals surface area contributed by atoms with E-state index >= 15 is 0 Å². The van der Waals surface area contributed by atoms with Gasteiger partial charge in [-0.3, -0.25) is 9.59 Å². The number of pyridine rings is 1. The third kappa shape index (κ3) is 5.06. The van der Waals surface area contributed by atoms with E-state index < -0.39 is 5.91 Å². The number of anilines is 3. The highest BCUT2D eigenvalue weighted by Crippen LogP contribution is 2.27. The molecule has 2 aliphatic carbocycles. The van der Waals surface area contributed by atoms with Gasteiger partial charge in [-0.25, -0.2) is 4.98 Å². The van der Waals surface area contributed by atoms with E-state index in [1.165, 1.54) is 36.4 Å². The highest BCUT2D eigenvalue weighted by atomic mass is 16.5. The molecule has 4 N–H and O–H groups in total. The van der Waals surface area contributed by atoms with Crippen molar-refractivity contribution in [1.29, 1.82) is 0 Å². The molecule has 1 amide bonds. The lowest BCUT2D eigenvalue weighted by Gasteiger charge is -2.24. The second-order valence-corrected chi connectivity index (χ2v) is 8.77. The minimum atomic E-state index is -0.610. The quantitative estimate of drug-likeness (QED) is 0.506. The van der Waals surface area contributed by atoms with E-state index in [1.54, 1.807) is 26.3 Å². The van der Waals surface area contributed by atoms with Crippen molar-refractivity contribution in [2.24, 2.45) is 5.73 Å². The zero-order valence-corrected chi connectivity index (χ0v) is 19.8. The standard InChI is InChI=1S/C19H23N7O2.C5H10O/c1-21-16-10-15(24-18-13(17(20)27)11-22-26(16)18)23-14-8-5-9-25(19(14)28)12-6-3-2-4-7-12;1-6-5-3-2-4-5/h5,8-12,21H,2-4,6-7H2,1H3,(H2,20,27)(H,23,24);5H,2-4H2,1H3. The summed E-state index contributed by atoms with van der Waals surface area (Å²) in [7, 11) is 3.52. The predicted octanol–water partition coefficient (Wildman–Crippen LogP) is 3.47. The van der Waals surface area contributed by atoms with Gasteiger partial charge in [-0.1, -0.05) is 19.3 Å². The normalized spacial score (nSPS) is 16.4.